The third-order valence-electron chi connectivity index (χ3n) is 6.19. The molecular formula is C19H22FN5O3S. The third-order valence-corrected chi connectivity index (χ3v) is 8.01. The Hall–Kier alpha value is -2.33. The van der Waals surface area contributed by atoms with Crippen molar-refractivity contribution < 1.29 is 17.6 Å². The highest BCUT2D eigenvalue weighted by Gasteiger charge is 2.42. The largest absolute Gasteiger partial charge is 0.315 e. The van der Waals surface area contributed by atoms with Crippen molar-refractivity contribution in [2.45, 2.75) is 36.0 Å². The number of aromatic amines is 1. The quantitative estimate of drug-likeness (QED) is 0.793. The number of likely N-dealkylation sites (N-methyl/N-ethyl adjacent to an activating group) is 1. The second-order valence-corrected chi connectivity index (χ2v) is 10.1. The van der Waals surface area contributed by atoms with Crippen LogP contribution in [0.1, 0.15) is 41.9 Å². The van der Waals surface area contributed by atoms with E-state index < -0.39 is 22.6 Å². The number of aromatic nitrogens is 3. The van der Waals surface area contributed by atoms with Crippen LogP contribution in [0.4, 0.5) is 10.1 Å². The number of anilines is 1. The van der Waals surface area contributed by atoms with E-state index >= 15 is 0 Å². The predicted molar refractivity (Wildman–Crippen MR) is 103 cm³/mol. The van der Waals surface area contributed by atoms with Crippen molar-refractivity contribution >= 4 is 21.6 Å². The Labute approximate surface area is 168 Å². The summed E-state index contributed by atoms with van der Waals surface area (Å²) in [5, 5.41) is 7.12. The van der Waals surface area contributed by atoms with E-state index in [0.29, 0.717) is 17.3 Å². The molecule has 29 heavy (non-hydrogen) atoms. The van der Waals surface area contributed by atoms with E-state index in [1.165, 1.54) is 15.3 Å². The first-order chi connectivity index (χ1) is 13.9. The van der Waals surface area contributed by atoms with E-state index in [4.69, 9.17) is 0 Å². The summed E-state index contributed by atoms with van der Waals surface area (Å²) in [7, 11) is -2.13. The number of H-pyrrole nitrogens is 1. The maximum absolute atomic E-state index is 13.7. The molecule has 1 aromatic carbocycles. The van der Waals surface area contributed by atoms with Gasteiger partial charge in [-0.05, 0) is 36.6 Å². The van der Waals surface area contributed by atoms with E-state index in [1.807, 2.05) is 0 Å². The molecule has 154 valence electrons. The highest BCUT2D eigenvalue weighted by Crippen LogP contribution is 2.40. The Bertz CT molecular complexity index is 1080. The van der Waals surface area contributed by atoms with Gasteiger partial charge in [0, 0.05) is 43.6 Å². The summed E-state index contributed by atoms with van der Waals surface area (Å²) < 4.78 is 41.5. The molecule has 2 aromatic rings. The second kappa shape index (κ2) is 6.60. The Morgan fingerprint density at radius 2 is 2.07 bits per heavy atom. The molecule has 1 saturated heterocycles. The van der Waals surface area contributed by atoms with Crippen molar-refractivity contribution in [3.63, 3.8) is 0 Å². The van der Waals surface area contributed by atoms with Crippen LogP contribution in [0.2, 0.25) is 0 Å². The van der Waals surface area contributed by atoms with Gasteiger partial charge in [0.25, 0.3) is 0 Å². The zero-order chi connectivity index (χ0) is 20.3. The number of amides is 1. The van der Waals surface area contributed by atoms with E-state index in [1.54, 1.807) is 19.2 Å². The van der Waals surface area contributed by atoms with Crippen molar-refractivity contribution in [1.29, 1.82) is 0 Å². The number of fused-ring (bicyclic) bond motifs is 1. The molecule has 2 atom stereocenters. The summed E-state index contributed by atoms with van der Waals surface area (Å²) in [6, 6.07) is 4.73. The molecule has 2 unspecified atom stereocenters. The molecule has 1 saturated carbocycles. The van der Waals surface area contributed by atoms with Gasteiger partial charge in [-0.15, -0.1) is 0 Å². The Morgan fingerprint density at radius 1 is 1.28 bits per heavy atom. The monoisotopic (exact) mass is 419 g/mol. The molecule has 1 aliphatic carbocycles. The van der Waals surface area contributed by atoms with Crippen LogP contribution in [0.25, 0.3) is 0 Å². The van der Waals surface area contributed by atoms with E-state index in [2.05, 4.69) is 15.2 Å². The number of halogens is 1. The van der Waals surface area contributed by atoms with Crippen molar-refractivity contribution in [1.82, 2.24) is 19.5 Å². The number of alkyl halides is 1. The van der Waals surface area contributed by atoms with Gasteiger partial charge in [0.2, 0.25) is 15.9 Å². The van der Waals surface area contributed by atoms with Crippen LogP contribution < -0.4 is 4.90 Å². The molecular weight excluding hydrogens is 397 g/mol. The van der Waals surface area contributed by atoms with Gasteiger partial charge in [-0.1, -0.05) is 0 Å². The summed E-state index contributed by atoms with van der Waals surface area (Å²) in [5.41, 5.74) is 1.42. The Morgan fingerprint density at radius 3 is 2.79 bits per heavy atom. The number of hydrogen-bond donors (Lipinski definition) is 1. The maximum Gasteiger partial charge on any atom is 0.243 e. The van der Waals surface area contributed by atoms with Gasteiger partial charge in [-0.2, -0.15) is 9.40 Å². The maximum atomic E-state index is 13.7. The fourth-order valence-corrected chi connectivity index (χ4v) is 5.80. The van der Waals surface area contributed by atoms with Crippen LogP contribution in [0.3, 0.4) is 0 Å². The number of hydrogen-bond acceptors (Lipinski definition) is 5. The van der Waals surface area contributed by atoms with Crippen molar-refractivity contribution in [3.05, 3.63) is 35.4 Å². The number of rotatable bonds is 5. The molecule has 3 aliphatic rings. The predicted octanol–water partition coefficient (Wildman–Crippen LogP) is 1.57. The first-order valence-electron chi connectivity index (χ1n) is 9.76. The summed E-state index contributed by atoms with van der Waals surface area (Å²) in [4.78, 5) is 18.1. The van der Waals surface area contributed by atoms with Gasteiger partial charge in [0.15, 0.2) is 5.82 Å². The zero-order valence-electron chi connectivity index (χ0n) is 16.0. The minimum Gasteiger partial charge on any atom is -0.315 e. The first-order valence-corrected chi connectivity index (χ1v) is 11.2. The smallest absolute Gasteiger partial charge is 0.243 e. The molecule has 1 N–H and O–H groups in total. The highest BCUT2D eigenvalue weighted by atomic mass is 32.2. The normalized spacial score (nSPS) is 25.0. The number of nitrogens with zero attached hydrogens (tertiary/aromatic N) is 4. The molecule has 8 nitrogen and oxygen atoms in total. The standard InChI is InChI=1S/C19H22FN5O3S/c1-24-16-5-4-14(6-12(16)7-17(24)26)29(27,28)25-9-13(8-20)15(10-25)19-21-18(22-23-19)11-2-3-11/h4-6,11,13,15H,2-3,7-10H2,1H3,(H,21,22,23). The molecule has 2 fully saturated rings. The molecule has 1 amide bonds. The minimum atomic E-state index is -3.80. The van der Waals surface area contributed by atoms with Gasteiger partial charge in [0.1, 0.15) is 5.82 Å². The highest BCUT2D eigenvalue weighted by molar-refractivity contribution is 7.89. The summed E-state index contributed by atoms with van der Waals surface area (Å²) in [6.07, 6.45) is 2.31. The SMILES string of the molecule is CN1C(=O)Cc2cc(S(=O)(=O)N3CC(CF)C(c4nc(C5CC5)n[nH]4)C3)ccc21. The first kappa shape index (κ1) is 18.7. The summed E-state index contributed by atoms with van der Waals surface area (Å²) in [5.74, 6) is 0.797. The Kier molecular flexibility index (Phi) is 4.25. The van der Waals surface area contributed by atoms with Gasteiger partial charge in [-0.3, -0.25) is 14.3 Å². The van der Waals surface area contributed by atoms with Crippen LogP contribution in [0.5, 0.6) is 0 Å². The fraction of sp³-hybridized carbons (Fsp3) is 0.526. The van der Waals surface area contributed by atoms with E-state index in [9.17, 15) is 17.6 Å². The van der Waals surface area contributed by atoms with Crippen LogP contribution >= 0.6 is 0 Å². The number of carbonyl (C=O) groups is 1. The molecule has 0 bridgehead atoms. The van der Waals surface area contributed by atoms with Crippen molar-refractivity contribution in [3.8, 4) is 0 Å². The van der Waals surface area contributed by atoms with E-state index in [-0.39, 0.29) is 36.2 Å². The van der Waals surface area contributed by atoms with E-state index in [0.717, 1.165) is 24.4 Å². The summed E-state index contributed by atoms with van der Waals surface area (Å²) in [6.45, 7) is -0.370. The lowest BCUT2D eigenvalue weighted by atomic mass is 9.97. The molecule has 2 aliphatic heterocycles. The Balaban J connectivity index is 1.41. The van der Waals surface area contributed by atoms with Crippen molar-refractivity contribution in [2.24, 2.45) is 5.92 Å². The number of carbonyl (C=O) groups excluding carboxylic acids is 1. The minimum absolute atomic E-state index is 0.0648. The van der Waals surface area contributed by atoms with Crippen LogP contribution in [0, 0.1) is 5.92 Å². The number of nitrogens with one attached hydrogen (secondary N) is 1. The second-order valence-electron chi connectivity index (χ2n) is 8.12. The average Bonchev–Trinajstić information content (AvgIpc) is 3.16. The lowest BCUT2D eigenvalue weighted by Crippen LogP contribution is -2.29. The lowest BCUT2D eigenvalue weighted by Gasteiger charge is -2.17. The number of sulfonamides is 1. The zero-order valence-corrected chi connectivity index (χ0v) is 16.8. The number of benzene rings is 1. The molecule has 1 aromatic heterocycles. The lowest BCUT2D eigenvalue weighted by molar-refractivity contribution is -0.117. The van der Waals surface area contributed by atoms with Crippen LogP contribution in [0.15, 0.2) is 23.1 Å². The molecule has 10 heteroatoms. The third kappa shape index (κ3) is 3.05. The molecule has 0 radical (unpaired) electrons. The van der Waals surface area contributed by atoms with Crippen LogP contribution in [-0.2, 0) is 21.2 Å². The van der Waals surface area contributed by atoms with Gasteiger partial charge in [0.05, 0.1) is 18.0 Å². The fourth-order valence-electron chi connectivity index (χ4n) is 4.23. The summed E-state index contributed by atoms with van der Waals surface area (Å²) >= 11 is 0. The van der Waals surface area contributed by atoms with Crippen molar-refractivity contribution in [2.75, 3.05) is 31.7 Å². The molecule has 3 heterocycles. The van der Waals surface area contributed by atoms with Crippen LogP contribution in [-0.4, -0.2) is 60.6 Å². The molecule has 5 rings (SSSR count). The van der Waals surface area contributed by atoms with Gasteiger partial charge in [-0.25, -0.2) is 13.4 Å². The van der Waals surface area contributed by atoms with Gasteiger partial charge < -0.3 is 4.90 Å². The van der Waals surface area contributed by atoms with Gasteiger partial charge >= 0.3 is 0 Å². The average molecular weight is 419 g/mol. The topological polar surface area (TPSA) is 99.3 Å². The molecule has 0 spiro atoms.